The van der Waals surface area contributed by atoms with Gasteiger partial charge in [0.1, 0.15) is 0 Å². The Kier molecular flexibility index (Phi) is 4.32. The number of rotatable bonds is 4. The maximum atomic E-state index is 6.04. The molecule has 0 aliphatic carbocycles. The second kappa shape index (κ2) is 5.10. The summed E-state index contributed by atoms with van der Waals surface area (Å²) in [5.74, 6) is 0. The lowest BCUT2D eigenvalue weighted by molar-refractivity contribution is 0.184. The van der Waals surface area contributed by atoms with Crippen LogP contribution in [0.4, 0.5) is 0 Å². The maximum Gasteiger partial charge on any atom is 0.0716 e. The lowest BCUT2D eigenvalue weighted by Gasteiger charge is -2.21. The molecule has 0 amide bonds. The smallest absolute Gasteiger partial charge is 0.0716 e. The second-order valence-electron chi connectivity index (χ2n) is 4.48. The van der Waals surface area contributed by atoms with Crippen LogP contribution in [-0.4, -0.2) is 12.6 Å². The van der Waals surface area contributed by atoms with Gasteiger partial charge in [0.15, 0.2) is 0 Å². The van der Waals surface area contributed by atoms with Gasteiger partial charge in [0, 0.05) is 17.1 Å². The molecule has 0 bridgehead atoms. The summed E-state index contributed by atoms with van der Waals surface area (Å²) in [7, 11) is 1.71. The minimum Gasteiger partial charge on any atom is -0.380 e. The van der Waals surface area contributed by atoms with Crippen LogP contribution in [0.25, 0.3) is 0 Å². The molecule has 0 aliphatic heterocycles. The van der Waals surface area contributed by atoms with E-state index in [0.29, 0.717) is 6.61 Å². The molecular weight excluding hydrogens is 254 g/mol. The topological polar surface area (TPSA) is 35.2 Å². The Morgan fingerprint density at radius 2 is 2.07 bits per heavy atom. The molecule has 3 heteroatoms. The second-order valence-corrected chi connectivity index (χ2v) is 5.33. The van der Waals surface area contributed by atoms with E-state index >= 15 is 0 Å². The average Bonchev–Trinajstić information content (AvgIpc) is 2.10. The summed E-state index contributed by atoms with van der Waals surface area (Å²) in [5, 5.41) is 0. The Hall–Kier alpha value is -0.380. The first kappa shape index (κ1) is 12.7. The van der Waals surface area contributed by atoms with Crippen LogP contribution in [0.3, 0.4) is 0 Å². The summed E-state index contributed by atoms with van der Waals surface area (Å²) < 4.78 is 6.28. The molecule has 0 saturated carbocycles. The molecule has 1 aromatic rings. The highest BCUT2D eigenvalue weighted by atomic mass is 79.9. The summed E-state index contributed by atoms with van der Waals surface area (Å²) in [6.45, 7) is 4.69. The highest BCUT2D eigenvalue weighted by Gasteiger charge is 2.16. The van der Waals surface area contributed by atoms with E-state index in [2.05, 4.69) is 22.0 Å². The number of benzene rings is 1. The van der Waals surface area contributed by atoms with Gasteiger partial charge in [0.2, 0.25) is 0 Å². The standard InChI is InChI=1S/C12H18BrNO/c1-12(2,14)7-10-9(8-15-3)5-4-6-11(10)13/h4-6H,7-8,14H2,1-3H3. The molecule has 0 fully saturated rings. The largest absolute Gasteiger partial charge is 0.380 e. The fraction of sp³-hybridized carbons (Fsp3) is 0.500. The van der Waals surface area contributed by atoms with E-state index in [4.69, 9.17) is 10.5 Å². The Morgan fingerprint density at radius 3 is 2.60 bits per heavy atom. The maximum absolute atomic E-state index is 6.04. The van der Waals surface area contributed by atoms with E-state index in [9.17, 15) is 0 Å². The van der Waals surface area contributed by atoms with Crippen LogP contribution >= 0.6 is 15.9 Å². The number of nitrogens with two attached hydrogens (primary N) is 1. The molecule has 2 N–H and O–H groups in total. The van der Waals surface area contributed by atoms with Gasteiger partial charge in [-0.2, -0.15) is 0 Å². The third kappa shape index (κ3) is 3.93. The fourth-order valence-corrected chi connectivity index (χ4v) is 2.10. The number of ether oxygens (including phenoxy) is 1. The molecule has 0 unspecified atom stereocenters. The molecule has 0 atom stereocenters. The third-order valence-electron chi connectivity index (χ3n) is 2.15. The lowest BCUT2D eigenvalue weighted by atomic mass is 9.93. The van der Waals surface area contributed by atoms with Gasteiger partial charge in [-0.15, -0.1) is 0 Å². The zero-order chi connectivity index (χ0) is 11.5. The lowest BCUT2D eigenvalue weighted by Crippen LogP contribution is -2.35. The molecule has 84 valence electrons. The molecule has 0 radical (unpaired) electrons. The van der Waals surface area contributed by atoms with Crippen LogP contribution in [0.2, 0.25) is 0 Å². The van der Waals surface area contributed by atoms with Crippen molar-refractivity contribution in [1.29, 1.82) is 0 Å². The SMILES string of the molecule is COCc1cccc(Br)c1CC(C)(C)N. The zero-order valence-electron chi connectivity index (χ0n) is 9.51. The van der Waals surface area contributed by atoms with Gasteiger partial charge in [-0.3, -0.25) is 0 Å². The van der Waals surface area contributed by atoms with Gasteiger partial charge in [0.05, 0.1) is 6.61 Å². The van der Waals surface area contributed by atoms with E-state index in [1.165, 1.54) is 11.1 Å². The molecule has 15 heavy (non-hydrogen) atoms. The number of halogens is 1. The zero-order valence-corrected chi connectivity index (χ0v) is 11.1. The normalized spacial score (nSPS) is 11.8. The highest BCUT2D eigenvalue weighted by molar-refractivity contribution is 9.10. The van der Waals surface area contributed by atoms with Gasteiger partial charge in [-0.1, -0.05) is 28.1 Å². The molecule has 0 spiro atoms. The summed E-state index contributed by atoms with van der Waals surface area (Å²) in [4.78, 5) is 0. The Labute approximate surface area is 99.9 Å². The summed E-state index contributed by atoms with van der Waals surface area (Å²) in [6.07, 6.45) is 0.840. The predicted octanol–water partition coefficient (Wildman–Crippen LogP) is 2.88. The van der Waals surface area contributed by atoms with Gasteiger partial charge in [-0.25, -0.2) is 0 Å². The molecule has 0 saturated heterocycles. The molecule has 0 aromatic heterocycles. The molecule has 0 aliphatic rings. The predicted molar refractivity (Wildman–Crippen MR) is 66.8 cm³/mol. The van der Waals surface area contributed by atoms with Crippen LogP contribution in [0.15, 0.2) is 22.7 Å². The molecule has 0 heterocycles. The average molecular weight is 272 g/mol. The summed E-state index contributed by atoms with van der Waals surface area (Å²) >= 11 is 3.56. The Bertz CT molecular complexity index is 331. The molecule has 1 aromatic carbocycles. The van der Waals surface area contributed by atoms with Crippen LogP contribution in [0.1, 0.15) is 25.0 Å². The van der Waals surface area contributed by atoms with E-state index in [1.807, 2.05) is 26.0 Å². The van der Waals surface area contributed by atoms with Gasteiger partial charge < -0.3 is 10.5 Å². The minimum absolute atomic E-state index is 0.202. The van der Waals surface area contributed by atoms with Crippen molar-refractivity contribution in [1.82, 2.24) is 0 Å². The van der Waals surface area contributed by atoms with Crippen molar-refractivity contribution in [3.8, 4) is 0 Å². The van der Waals surface area contributed by atoms with Crippen LogP contribution in [0.5, 0.6) is 0 Å². The van der Waals surface area contributed by atoms with Crippen molar-refractivity contribution in [2.45, 2.75) is 32.4 Å². The van der Waals surface area contributed by atoms with Crippen molar-refractivity contribution >= 4 is 15.9 Å². The van der Waals surface area contributed by atoms with Crippen LogP contribution in [-0.2, 0) is 17.8 Å². The van der Waals surface area contributed by atoms with Crippen molar-refractivity contribution in [3.63, 3.8) is 0 Å². The Morgan fingerprint density at radius 1 is 1.40 bits per heavy atom. The first-order valence-electron chi connectivity index (χ1n) is 4.98. The monoisotopic (exact) mass is 271 g/mol. The van der Waals surface area contributed by atoms with E-state index in [0.717, 1.165) is 10.9 Å². The van der Waals surface area contributed by atoms with Crippen molar-refractivity contribution in [2.24, 2.45) is 5.73 Å². The van der Waals surface area contributed by atoms with Gasteiger partial charge >= 0.3 is 0 Å². The van der Waals surface area contributed by atoms with Gasteiger partial charge in [-0.05, 0) is 37.5 Å². The minimum atomic E-state index is -0.202. The van der Waals surface area contributed by atoms with E-state index in [-0.39, 0.29) is 5.54 Å². The fourth-order valence-electron chi connectivity index (χ4n) is 1.55. The van der Waals surface area contributed by atoms with E-state index < -0.39 is 0 Å². The van der Waals surface area contributed by atoms with Crippen LogP contribution < -0.4 is 5.73 Å². The molecule has 1 rings (SSSR count). The van der Waals surface area contributed by atoms with Crippen molar-refractivity contribution < 1.29 is 4.74 Å². The van der Waals surface area contributed by atoms with Gasteiger partial charge in [0.25, 0.3) is 0 Å². The number of hydrogen-bond donors (Lipinski definition) is 1. The number of hydrogen-bond acceptors (Lipinski definition) is 2. The number of methoxy groups -OCH3 is 1. The Balaban J connectivity index is 3.02. The summed E-state index contributed by atoms with van der Waals surface area (Å²) in [6, 6.07) is 6.14. The highest BCUT2D eigenvalue weighted by Crippen LogP contribution is 2.24. The first-order valence-corrected chi connectivity index (χ1v) is 5.77. The molecular formula is C12H18BrNO. The quantitative estimate of drug-likeness (QED) is 0.914. The van der Waals surface area contributed by atoms with Crippen molar-refractivity contribution in [2.75, 3.05) is 7.11 Å². The van der Waals surface area contributed by atoms with Crippen molar-refractivity contribution in [3.05, 3.63) is 33.8 Å². The third-order valence-corrected chi connectivity index (χ3v) is 2.89. The molecule has 2 nitrogen and oxygen atoms in total. The first-order chi connectivity index (χ1) is 6.94. The van der Waals surface area contributed by atoms with E-state index in [1.54, 1.807) is 7.11 Å². The van der Waals surface area contributed by atoms with Crippen LogP contribution in [0, 0.1) is 0 Å². The summed E-state index contributed by atoms with van der Waals surface area (Å²) in [5.41, 5.74) is 8.28.